The number of benzene rings is 2. The highest BCUT2D eigenvalue weighted by Gasteiger charge is 2.37. The second-order valence-corrected chi connectivity index (χ2v) is 11.9. The number of β-amino-alcohol motifs (C(OH)–C–C–N with tert-alkyl or cyclic N) is 1. The number of rotatable bonds is 5. The summed E-state index contributed by atoms with van der Waals surface area (Å²) in [6.45, 7) is 2.78. The maximum Gasteiger partial charge on any atom is 0.272 e. The van der Waals surface area contributed by atoms with Crippen LogP contribution in [0.3, 0.4) is 0 Å². The maximum atomic E-state index is 12.9. The van der Waals surface area contributed by atoms with Gasteiger partial charge in [-0.3, -0.25) is 14.2 Å². The van der Waals surface area contributed by atoms with Crippen LogP contribution in [-0.2, 0) is 14.6 Å². The lowest BCUT2D eigenvalue weighted by molar-refractivity contribution is -0.132. The summed E-state index contributed by atoms with van der Waals surface area (Å²) >= 11 is 6.00. The number of piperidine rings is 1. The van der Waals surface area contributed by atoms with Crippen LogP contribution in [-0.4, -0.2) is 76.1 Å². The molecule has 11 heteroatoms. The van der Waals surface area contributed by atoms with Crippen LogP contribution in [0.15, 0.2) is 47.5 Å². The third kappa shape index (κ3) is 4.60. The van der Waals surface area contributed by atoms with E-state index in [1.54, 1.807) is 57.7 Å². The Hall–Kier alpha value is -2.95. The first kappa shape index (κ1) is 24.7. The van der Waals surface area contributed by atoms with Crippen LogP contribution in [0.25, 0.3) is 10.8 Å². The van der Waals surface area contributed by atoms with Crippen molar-refractivity contribution in [2.24, 2.45) is 0 Å². The Kier molecular flexibility index (Phi) is 6.52. The van der Waals surface area contributed by atoms with Crippen molar-refractivity contribution in [1.29, 1.82) is 0 Å². The van der Waals surface area contributed by atoms with Crippen molar-refractivity contribution < 1.29 is 23.1 Å². The number of nitrogens with zero attached hydrogens (tertiary/aromatic N) is 4. The van der Waals surface area contributed by atoms with Gasteiger partial charge in [-0.2, -0.15) is 0 Å². The van der Waals surface area contributed by atoms with Crippen molar-refractivity contribution >= 4 is 44.0 Å². The molecule has 1 unspecified atom stereocenters. The van der Waals surface area contributed by atoms with E-state index in [-0.39, 0.29) is 41.5 Å². The first-order valence-corrected chi connectivity index (χ1v) is 13.9. The molecule has 2 aromatic carbocycles. The second kappa shape index (κ2) is 9.49. The molecule has 1 atom stereocenters. The van der Waals surface area contributed by atoms with Gasteiger partial charge in [-0.05, 0) is 54.8 Å². The van der Waals surface area contributed by atoms with Crippen molar-refractivity contribution in [3.63, 3.8) is 0 Å². The van der Waals surface area contributed by atoms with Gasteiger partial charge in [0.05, 0.1) is 23.4 Å². The van der Waals surface area contributed by atoms with Gasteiger partial charge in [0.2, 0.25) is 5.91 Å². The molecule has 0 bridgehead atoms. The summed E-state index contributed by atoms with van der Waals surface area (Å²) in [6, 6.07) is 10.0. The summed E-state index contributed by atoms with van der Waals surface area (Å²) in [5.74, 6) is -0.0722. The number of fused-ring (bicyclic) bond motifs is 2. The van der Waals surface area contributed by atoms with Crippen LogP contribution < -0.4 is 0 Å². The largest absolute Gasteiger partial charge is 0.371 e. The van der Waals surface area contributed by atoms with Crippen LogP contribution in [0.2, 0.25) is 5.02 Å². The highest BCUT2D eigenvalue weighted by atomic mass is 35.5. The van der Waals surface area contributed by atoms with Gasteiger partial charge in [0.1, 0.15) is 17.7 Å². The van der Waals surface area contributed by atoms with E-state index in [0.717, 1.165) is 10.8 Å². The molecule has 0 saturated carbocycles. The molecular weight excluding hydrogens is 504 g/mol. The normalized spacial score (nSPS) is 19.1. The van der Waals surface area contributed by atoms with Gasteiger partial charge in [-0.25, -0.2) is 13.4 Å². The zero-order valence-electron chi connectivity index (χ0n) is 19.8. The van der Waals surface area contributed by atoms with Gasteiger partial charge < -0.3 is 14.9 Å². The molecule has 1 aromatic heterocycles. The average Bonchev–Trinajstić information content (AvgIpc) is 3.27. The Morgan fingerprint density at radius 2 is 1.83 bits per heavy atom. The summed E-state index contributed by atoms with van der Waals surface area (Å²) in [7, 11) is -3.63. The Morgan fingerprint density at radius 3 is 2.58 bits per heavy atom. The van der Waals surface area contributed by atoms with E-state index >= 15 is 0 Å². The molecule has 3 aromatic rings. The van der Waals surface area contributed by atoms with Gasteiger partial charge in [-0.1, -0.05) is 23.7 Å². The molecule has 190 valence electrons. The molecule has 2 aliphatic heterocycles. The quantitative estimate of drug-likeness (QED) is 0.543. The molecule has 3 heterocycles. The van der Waals surface area contributed by atoms with E-state index in [9.17, 15) is 23.1 Å². The van der Waals surface area contributed by atoms with E-state index in [1.165, 1.54) is 6.20 Å². The van der Waals surface area contributed by atoms with E-state index < -0.39 is 16.1 Å². The minimum Gasteiger partial charge on any atom is -0.371 e. The first-order chi connectivity index (χ1) is 17.1. The topological polar surface area (TPSA) is 113 Å². The van der Waals surface area contributed by atoms with E-state index in [1.807, 2.05) is 0 Å². The number of aliphatic hydroxyl groups is 1. The van der Waals surface area contributed by atoms with Crippen LogP contribution in [0, 0.1) is 6.92 Å². The summed E-state index contributed by atoms with van der Waals surface area (Å²) in [6.07, 6.45) is 1.66. The van der Waals surface area contributed by atoms with Gasteiger partial charge in [0, 0.05) is 30.6 Å². The number of aryl methyl sites for hydroxylation is 1. The first-order valence-electron chi connectivity index (χ1n) is 11.9. The molecule has 0 aliphatic carbocycles. The number of imidazole rings is 1. The lowest BCUT2D eigenvalue weighted by Crippen LogP contribution is -2.53. The number of hydrogen-bond donors (Lipinski definition) is 1. The summed E-state index contributed by atoms with van der Waals surface area (Å²) in [5, 5.41) is 12.7. The van der Waals surface area contributed by atoms with Crippen LogP contribution in [0.1, 0.15) is 41.8 Å². The van der Waals surface area contributed by atoms with Gasteiger partial charge in [0.25, 0.3) is 5.91 Å². The fourth-order valence-corrected chi connectivity index (χ4v) is 6.54. The van der Waals surface area contributed by atoms with E-state index in [4.69, 9.17) is 11.6 Å². The zero-order valence-corrected chi connectivity index (χ0v) is 21.4. The molecule has 0 radical (unpaired) electrons. The number of aromatic nitrogens is 2. The monoisotopic (exact) mass is 530 g/mol. The highest BCUT2D eigenvalue weighted by molar-refractivity contribution is 7.91. The van der Waals surface area contributed by atoms with Crippen LogP contribution in [0.4, 0.5) is 0 Å². The van der Waals surface area contributed by atoms with Crippen molar-refractivity contribution in [3.05, 3.63) is 59.1 Å². The lowest BCUT2D eigenvalue weighted by atomic mass is 10.0. The third-order valence-electron chi connectivity index (χ3n) is 7.10. The molecule has 5 rings (SSSR count). The predicted octanol–water partition coefficient (Wildman–Crippen LogP) is 2.80. The fourth-order valence-electron chi connectivity index (χ4n) is 5.10. The third-order valence-corrected chi connectivity index (χ3v) is 9.04. The molecule has 1 fully saturated rings. The van der Waals surface area contributed by atoms with E-state index in [0.29, 0.717) is 42.5 Å². The standard InChI is InChI=1S/C25H27ClN4O5S/c1-16-27-14-22-25(33)29(15-24(32)30(16)22)20-6-9-28(10-7-20)23(31)8-11-36(34,35)21-5-3-17-12-19(26)4-2-18(17)13-21/h2-5,12-14,20,24,32H,6-11,15H2,1H3. The summed E-state index contributed by atoms with van der Waals surface area (Å²) < 4.78 is 27.3. The molecule has 0 spiro atoms. The second-order valence-electron chi connectivity index (χ2n) is 9.33. The van der Waals surface area contributed by atoms with E-state index in [2.05, 4.69) is 4.98 Å². The number of carbonyl (C=O) groups excluding carboxylic acids is 2. The smallest absolute Gasteiger partial charge is 0.272 e. The Bertz CT molecular complexity index is 1450. The fraction of sp³-hybridized carbons (Fsp3) is 0.400. The molecular formula is C25H27ClN4O5S. The van der Waals surface area contributed by atoms with Gasteiger partial charge in [-0.15, -0.1) is 0 Å². The Labute approximate surface area is 214 Å². The number of hydrogen-bond acceptors (Lipinski definition) is 6. The zero-order chi connectivity index (χ0) is 25.6. The lowest BCUT2D eigenvalue weighted by Gasteiger charge is -2.41. The van der Waals surface area contributed by atoms with Crippen molar-refractivity contribution in [2.45, 2.75) is 43.4 Å². The van der Waals surface area contributed by atoms with Gasteiger partial charge in [0.15, 0.2) is 9.84 Å². The number of carbonyl (C=O) groups is 2. The maximum absolute atomic E-state index is 12.9. The number of halogens is 1. The Morgan fingerprint density at radius 1 is 1.14 bits per heavy atom. The summed E-state index contributed by atoms with van der Waals surface area (Å²) in [4.78, 5) is 33.4. The molecule has 9 nitrogen and oxygen atoms in total. The van der Waals surface area contributed by atoms with Gasteiger partial charge >= 0.3 is 0 Å². The SMILES string of the molecule is Cc1ncc2n1C(O)CN(C1CCN(C(=O)CCS(=O)(=O)c3ccc4cc(Cl)ccc4c3)CC1)C2=O. The number of likely N-dealkylation sites (tertiary alicyclic amines) is 1. The predicted molar refractivity (Wildman–Crippen MR) is 134 cm³/mol. The van der Waals surface area contributed by atoms with Crippen LogP contribution in [0.5, 0.6) is 0 Å². The number of aliphatic hydroxyl groups excluding tert-OH is 1. The van der Waals surface area contributed by atoms with Crippen molar-refractivity contribution in [2.75, 3.05) is 25.4 Å². The molecule has 2 amide bonds. The number of sulfone groups is 1. The Balaban J connectivity index is 1.18. The minimum atomic E-state index is -3.63. The van der Waals surface area contributed by atoms with Crippen molar-refractivity contribution in [3.8, 4) is 0 Å². The van der Waals surface area contributed by atoms with Crippen molar-refractivity contribution in [1.82, 2.24) is 19.4 Å². The molecule has 2 aliphatic rings. The summed E-state index contributed by atoms with van der Waals surface area (Å²) in [5.41, 5.74) is 0.367. The molecule has 1 N–H and O–H groups in total. The molecule has 1 saturated heterocycles. The highest BCUT2D eigenvalue weighted by Crippen LogP contribution is 2.28. The average molecular weight is 531 g/mol. The number of amides is 2. The molecule has 36 heavy (non-hydrogen) atoms. The minimum absolute atomic E-state index is 0.102. The van der Waals surface area contributed by atoms with Crippen LogP contribution >= 0.6 is 11.6 Å².